The minimum atomic E-state index is -0.478. The van der Waals surface area contributed by atoms with Gasteiger partial charge in [-0.25, -0.2) is 14.3 Å². The Morgan fingerprint density at radius 2 is 2.14 bits per heavy atom. The fourth-order valence-electron chi connectivity index (χ4n) is 2.00. The number of methoxy groups -OCH3 is 1. The summed E-state index contributed by atoms with van der Waals surface area (Å²) in [4.78, 5) is 26.1. The molecular formula is C14H10N4O4. The van der Waals surface area contributed by atoms with Crippen molar-refractivity contribution in [1.29, 1.82) is 0 Å². The number of aromatic nitrogens is 3. The summed E-state index contributed by atoms with van der Waals surface area (Å²) in [6.45, 7) is 0. The van der Waals surface area contributed by atoms with E-state index in [1.807, 2.05) is 0 Å². The summed E-state index contributed by atoms with van der Waals surface area (Å²) < 4.78 is 6.07. The molecule has 110 valence electrons. The van der Waals surface area contributed by atoms with Crippen molar-refractivity contribution >= 4 is 17.3 Å². The highest BCUT2D eigenvalue weighted by molar-refractivity contribution is 5.89. The van der Waals surface area contributed by atoms with Crippen molar-refractivity contribution in [2.24, 2.45) is 0 Å². The summed E-state index contributed by atoms with van der Waals surface area (Å²) in [5.41, 5.74) is 1.35. The maximum atomic E-state index is 11.5. The Bertz CT molecular complexity index is 887. The van der Waals surface area contributed by atoms with Gasteiger partial charge >= 0.3 is 5.97 Å². The van der Waals surface area contributed by atoms with Gasteiger partial charge in [-0.1, -0.05) is 12.1 Å². The lowest BCUT2D eigenvalue weighted by molar-refractivity contribution is -0.384. The zero-order valence-electron chi connectivity index (χ0n) is 11.5. The van der Waals surface area contributed by atoms with Crippen LogP contribution in [0, 0.1) is 10.1 Å². The maximum absolute atomic E-state index is 11.5. The molecule has 8 nitrogen and oxygen atoms in total. The number of rotatable bonds is 3. The van der Waals surface area contributed by atoms with Crippen LogP contribution in [0.5, 0.6) is 0 Å². The summed E-state index contributed by atoms with van der Waals surface area (Å²) in [7, 11) is 1.29. The van der Waals surface area contributed by atoms with Crippen LogP contribution in [0.3, 0.4) is 0 Å². The first-order valence-corrected chi connectivity index (χ1v) is 6.28. The molecule has 0 fully saturated rings. The van der Waals surface area contributed by atoms with Crippen molar-refractivity contribution in [3.63, 3.8) is 0 Å². The predicted octanol–water partition coefficient (Wildman–Crippen LogP) is 2.09. The molecule has 0 radical (unpaired) electrons. The number of benzene rings is 1. The first-order chi connectivity index (χ1) is 10.6. The van der Waals surface area contributed by atoms with E-state index < -0.39 is 10.9 Å². The molecule has 0 saturated heterocycles. The molecular weight excluding hydrogens is 288 g/mol. The zero-order valence-corrected chi connectivity index (χ0v) is 11.5. The lowest BCUT2D eigenvalue weighted by Gasteiger charge is -1.98. The Hall–Kier alpha value is -3.29. The van der Waals surface area contributed by atoms with E-state index in [2.05, 4.69) is 14.8 Å². The molecule has 0 unspecified atom stereocenters. The van der Waals surface area contributed by atoms with Gasteiger partial charge in [0.05, 0.1) is 17.6 Å². The van der Waals surface area contributed by atoms with Gasteiger partial charge in [0.2, 0.25) is 0 Å². The highest BCUT2D eigenvalue weighted by atomic mass is 16.6. The first kappa shape index (κ1) is 13.7. The average molecular weight is 298 g/mol. The molecule has 0 aliphatic carbocycles. The van der Waals surface area contributed by atoms with E-state index in [1.54, 1.807) is 24.3 Å². The molecule has 0 spiro atoms. The molecule has 0 N–H and O–H groups in total. The minimum absolute atomic E-state index is 0.0356. The highest BCUT2D eigenvalue weighted by Crippen LogP contribution is 2.21. The fraction of sp³-hybridized carbons (Fsp3) is 0.0714. The Balaban J connectivity index is 2.07. The number of carbonyl (C=O) groups is 1. The molecule has 0 bridgehead atoms. The Kier molecular flexibility index (Phi) is 3.26. The van der Waals surface area contributed by atoms with Crippen molar-refractivity contribution in [1.82, 2.24) is 14.6 Å². The molecule has 1 aromatic carbocycles. The number of fused-ring (bicyclic) bond motifs is 1. The van der Waals surface area contributed by atoms with Crippen LogP contribution in [0.4, 0.5) is 5.69 Å². The third-order valence-electron chi connectivity index (χ3n) is 3.07. The van der Waals surface area contributed by atoms with Gasteiger partial charge in [-0.05, 0) is 12.1 Å². The van der Waals surface area contributed by atoms with Crippen LogP contribution < -0.4 is 0 Å². The molecule has 0 amide bonds. The van der Waals surface area contributed by atoms with Crippen LogP contribution in [0.2, 0.25) is 0 Å². The summed E-state index contributed by atoms with van der Waals surface area (Å²) in [5, 5.41) is 15.1. The van der Waals surface area contributed by atoms with Gasteiger partial charge in [0, 0.05) is 23.9 Å². The topological polar surface area (TPSA) is 99.6 Å². The van der Waals surface area contributed by atoms with Crippen molar-refractivity contribution in [2.45, 2.75) is 0 Å². The van der Waals surface area contributed by atoms with Gasteiger partial charge in [0.1, 0.15) is 0 Å². The number of esters is 1. The van der Waals surface area contributed by atoms with E-state index in [4.69, 9.17) is 0 Å². The molecule has 22 heavy (non-hydrogen) atoms. The van der Waals surface area contributed by atoms with E-state index in [0.29, 0.717) is 22.6 Å². The summed E-state index contributed by atoms with van der Waals surface area (Å²) in [5.74, 6) is -0.139. The zero-order chi connectivity index (χ0) is 15.7. The monoisotopic (exact) mass is 298 g/mol. The van der Waals surface area contributed by atoms with Crippen molar-refractivity contribution < 1.29 is 14.5 Å². The van der Waals surface area contributed by atoms with E-state index in [9.17, 15) is 14.9 Å². The third kappa shape index (κ3) is 2.37. The van der Waals surface area contributed by atoms with E-state index in [-0.39, 0.29) is 5.69 Å². The van der Waals surface area contributed by atoms with Gasteiger partial charge in [0.15, 0.2) is 11.5 Å². The molecule has 8 heteroatoms. The number of hydrogen-bond donors (Lipinski definition) is 0. The molecule has 2 heterocycles. The van der Waals surface area contributed by atoms with Gasteiger partial charge in [-0.15, -0.1) is 5.10 Å². The van der Waals surface area contributed by atoms with Crippen LogP contribution in [-0.4, -0.2) is 32.6 Å². The van der Waals surface area contributed by atoms with Gasteiger partial charge in [0.25, 0.3) is 5.69 Å². The molecule has 0 atom stereocenters. The second-order valence-electron chi connectivity index (χ2n) is 4.45. The number of hydrogen-bond acceptors (Lipinski definition) is 6. The van der Waals surface area contributed by atoms with Crippen molar-refractivity contribution in [3.05, 3.63) is 58.3 Å². The third-order valence-corrected chi connectivity index (χ3v) is 3.07. The molecule has 0 aliphatic heterocycles. The molecule has 3 aromatic rings. The maximum Gasteiger partial charge on any atom is 0.339 e. The summed E-state index contributed by atoms with van der Waals surface area (Å²) in [6, 6.07) is 9.25. The second kappa shape index (κ2) is 5.24. The number of non-ortho nitro benzene ring substituents is 1. The summed E-state index contributed by atoms with van der Waals surface area (Å²) in [6.07, 6.45) is 1.50. The standard InChI is InChI=1S/C14H10N4O4/c1-22-14(19)10-5-6-12-15-13(16-17(12)8-10)9-3-2-4-11(7-9)18(20)21/h2-8H,1H3. The second-order valence-corrected chi connectivity index (χ2v) is 4.45. The van der Waals surface area contributed by atoms with Crippen LogP contribution in [0.25, 0.3) is 17.0 Å². The largest absolute Gasteiger partial charge is 0.465 e. The Morgan fingerprint density at radius 1 is 1.32 bits per heavy atom. The lowest BCUT2D eigenvalue weighted by atomic mass is 10.2. The molecule has 3 rings (SSSR count). The van der Waals surface area contributed by atoms with E-state index in [0.717, 1.165) is 0 Å². The number of ether oxygens (including phenoxy) is 1. The number of nitro groups is 1. The van der Waals surface area contributed by atoms with Gasteiger partial charge in [-0.3, -0.25) is 10.1 Å². The fourth-order valence-corrected chi connectivity index (χ4v) is 2.00. The number of carbonyl (C=O) groups excluding carboxylic acids is 1. The molecule has 2 aromatic heterocycles. The molecule has 0 saturated carbocycles. The Morgan fingerprint density at radius 3 is 2.86 bits per heavy atom. The van der Waals surface area contributed by atoms with E-state index in [1.165, 1.54) is 30.0 Å². The van der Waals surface area contributed by atoms with Crippen LogP contribution in [-0.2, 0) is 4.74 Å². The first-order valence-electron chi connectivity index (χ1n) is 6.28. The average Bonchev–Trinajstić information content (AvgIpc) is 2.97. The van der Waals surface area contributed by atoms with Crippen molar-refractivity contribution in [3.8, 4) is 11.4 Å². The highest BCUT2D eigenvalue weighted by Gasteiger charge is 2.13. The summed E-state index contributed by atoms with van der Waals surface area (Å²) >= 11 is 0. The minimum Gasteiger partial charge on any atom is -0.465 e. The SMILES string of the molecule is COC(=O)c1ccc2nc(-c3cccc([N+](=O)[O-])c3)nn2c1. The molecule has 0 aliphatic rings. The van der Waals surface area contributed by atoms with Crippen molar-refractivity contribution in [2.75, 3.05) is 7.11 Å². The Labute approximate surface area is 124 Å². The van der Waals surface area contributed by atoms with Crippen LogP contribution >= 0.6 is 0 Å². The van der Waals surface area contributed by atoms with Crippen LogP contribution in [0.1, 0.15) is 10.4 Å². The van der Waals surface area contributed by atoms with Gasteiger partial charge < -0.3 is 4.74 Å². The lowest BCUT2D eigenvalue weighted by Crippen LogP contribution is -2.03. The normalized spacial score (nSPS) is 10.6. The number of pyridine rings is 1. The van der Waals surface area contributed by atoms with Gasteiger partial charge in [-0.2, -0.15) is 0 Å². The number of nitrogens with zero attached hydrogens (tertiary/aromatic N) is 4. The quantitative estimate of drug-likeness (QED) is 0.417. The number of nitro benzene ring substituents is 1. The smallest absolute Gasteiger partial charge is 0.339 e. The van der Waals surface area contributed by atoms with E-state index >= 15 is 0 Å². The predicted molar refractivity (Wildman–Crippen MR) is 76.4 cm³/mol. The van der Waals surface area contributed by atoms with Crippen LogP contribution in [0.15, 0.2) is 42.6 Å².